The summed E-state index contributed by atoms with van der Waals surface area (Å²) in [5.41, 5.74) is 0.892. The molecule has 6 heteroatoms. The zero-order chi connectivity index (χ0) is 15.6. The van der Waals surface area contributed by atoms with Crippen LogP contribution in [-0.2, 0) is 0 Å². The molecule has 1 amide bonds. The minimum absolute atomic E-state index is 0.219. The number of amides is 1. The van der Waals surface area contributed by atoms with Gasteiger partial charge in [0.15, 0.2) is 5.65 Å². The van der Waals surface area contributed by atoms with Crippen LogP contribution < -0.4 is 5.32 Å². The monoisotopic (exact) mass is 302 g/mol. The Morgan fingerprint density at radius 2 is 2.09 bits per heavy atom. The van der Waals surface area contributed by atoms with Crippen molar-refractivity contribution in [3.63, 3.8) is 0 Å². The first kappa shape index (κ1) is 15.0. The maximum Gasteiger partial charge on any atom is 0.257 e. The molecule has 0 unspecified atom stereocenters. The highest BCUT2D eigenvalue weighted by Gasteiger charge is 2.29. The lowest BCUT2D eigenvalue weighted by atomic mass is 9.94. The minimum atomic E-state index is -0.781. The molecule has 1 fully saturated rings. The Morgan fingerprint density at radius 1 is 1.36 bits per heavy atom. The van der Waals surface area contributed by atoms with Gasteiger partial charge in [0.2, 0.25) is 0 Å². The van der Waals surface area contributed by atoms with Gasteiger partial charge < -0.3 is 10.4 Å². The maximum atomic E-state index is 12.5. The largest absolute Gasteiger partial charge is 0.388 e. The van der Waals surface area contributed by atoms with Gasteiger partial charge in [0.25, 0.3) is 5.91 Å². The lowest BCUT2D eigenvalue weighted by Crippen LogP contribution is -2.42. The molecular weight excluding hydrogens is 280 g/mol. The van der Waals surface area contributed by atoms with Crippen molar-refractivity contribution in [3.8, 4) is 0 Å². The van der Waals surface area contributed by atoms with Gasteiger partial charge in [0.1, 0.15) is 5.56 Å². The third-order valence-electron chi connectivity index (χ3n) is 4.41. The van der Waals surface area contributed by atoms with E-state index in [2.05, 4.69) is 15.4 Å². The second-order valence-electron chi connectivity index (χ2n) is 6.17. The van der Waals surface area contributed by atoms with Gasteiger partial charge in [-0.15, -0.1) is 0 Å². The molecule has 0 bridgehead atoms. The Morgan fingerprint density at radius 3 is 2.82 bits per heavy atom. The molecule has 2 N–H and O–H groups in total. The molecule has 22 heavy (non-hydrogen) atoms. The fourth-order valence-corrected chi connectivity index (χ4v) is 3.16. The number of aryl methyl sites for hydroxylation is 1. The van der Waals surface area contributed by atoms with Gasteiger partial charge in [0.05, 0.1) is 11.3 Å². The summed E-state index contributed by atoms with van der Waals surface area (Å²) in [5, 5.41) is 17.8. The number of carbonyl (C=O) groups is 1. The summed E-state index contributed by atoms with van der Waals surface area (Å²) in [6, 6.07) is 1.77. The van der Waals surface area contributed by atoms with Gasteiger partial charge in [-0.1, -0.05) is 25.7 Å². The zero-order valence-corrected chi connectivity index (χ0v) is 12.9. The summed E-state index contributed by atoms with van der Waals surface area (Å²) < 4.78 is 1.60. The van der Waals surface area contributed by atoms with E-state index in [0.29, 0.717) is 16.9 Å². The van der Waals surface area contributed by atoms with E-state index in [-0.39, 0.29) is 12.5 Å². The number of hydrogen-bond donors (Lipinski definition) is 2. The molecule has 6 nitrogen and oxygen atoms in total. The average molecular weight is 302 g/mol. The summed E-state index contributed by atoms with van der Waals surface area (Å²) in [6.07, 6.45) is 9.27. The number of fused-ring (bicyclic) bond motifs is 1. The number of hydrogen-bond acceptors (Lipinski definition) is 4. The number of nitrogens with zero attached hydrogens (tertiary/aromatic N) is 3. The van der Waals surface area contributed by atoms with Crippen molar-refractivity contribution in [2.75, 3.05) is 6.54 Å². The lowest BCUT2D eigenvalue weighted by Gasteiger charge is -2.26. The summed E-state index contributed by atoms with van der Waals surface area (Å²) in [6.45, 7) is 2.08. The van der Waals surface area contributed by atoms with Crippen LogP contribution in [0.25, 0.3) is 5.65 Å². The summed E-state index contributed by atoms with van der Waals surface area (Å²) in [5.74, 6) is -0.219. The van der Waals surface area contributed by atoms with Crippen molar-refractivity contribution < 1.29 is 9.90 Å². The normalized spacial score (nSPS) is 18.1. The van der Waals surface area contributed by atoms with Crippen LogP contribution in [0.1, 0.15) is 54.6 Å². The third-order valence-corrected chi connectivity index (χ3v) is 4.41. The van der Waals surface area contributed by atoms with Gasteiger partial charge in [-0.2, -0.15) is 5.10 Å². The van der Waals surface area contributed by atoms with Crippen molar-refractivity contribution in [1.29, 1.82) is 0 Å². The van der Waals surface area contributed by atoms with E-state index in [1.54, 1.807) is 29.9 Å². The maximum absolute atomic E-state index is 12.5. The summed E-state index contributed by atoms with van der Waals surface area (Å²) >= 11 is 0. The van der Waals surface area contributed by atoms with Crippen LogP contribution in [0, 0.1) is 6.92 Å². The standard InChI is InChI=1S/C16H22N4O2/c1-12-13(14-17-9-6-10-20(14)19-12)15(21)18-11-16(22)7-4-2-3-5-8-16/h6,9-10,22H,2-5,7-8,11H2,1H3,(H,18,21). The van der Waals surface area contributed by atoms with Crippen LogP contribution in [0.4, 0.5) is 0 Å². The van der Waals surface area contributed by atoms with E-state index in [9.17, 15) is 9.90 Å². The van der Waals surface area contributed by atoms with E-state index >= 15 is 0 Å². The van der Waals surface area contributed by atoms with Crippen LogP contribution in [0.5, 0.6) is 0 Å². The average Bonchev–Trinajstić information content (AvgIpc) is 2.68. The molecule has 0 aliphatic heterocycles. The van der Waals surface area contributed by atoms with Crippen LogP contribution in [0.3, 0.4) is 0 Å². The first-order valence-electron chi connectivity index (χ1n) is 7.90. The van der Waals surface area contributed by atoms with Gasteiger partial charge in [0, 0.05) is 18.9 Å². The topological polar surface area (TPSA) is 79.5 Å². The molecule has 118 valence electrons. The number of rotatable bonds is 3. The number of aromatic nitrogens is 3. The van der Waals surface area contributed by atoms with Gasteiger partial charge in [-0.05, 0) is 25.8 Å². The van der Waals surface area contributed by atoms with E-state index in [1.165, 1.54) is 0 Å². The molecular formula is C16H22N4O2. The highest BCUT2D eigenvalue weighted by Crippen LogP contribution is 2.26. The molecule has 0 radical (unpaired) electrons. The highest BCUT2D eigenvalue weighted by molar-refractivity contribution is 6.01. The molecule has 1 saturated carbocycles. The van der Waals surface area contributed by atoms with Crippen LogP contribution in [0.2, 0.25) is 0 Å². The van der Waals surface area contributed by atoms with E-state index in [0.717, 1.165) is 38.5 Å². The molecule has 0 spiro atoms. The molecule has 1 aliphatic rings. The third kappa shape index (κ3) is 2.97. The molecule has 2 aromatic rings. The Labute approximate surface area is 129 Å². The zero-order valence-electron chi connectivity index (χ0n) is 12.9. The lowest BCUT2D eigenvalue weighted by molar-refractivity contribution is 0.0246. The highest BCUT2D eigenvalue weighted by atomic mass is 16.3. The second-order valence-corrected chi connectivity index (χ2v) is 6.17. The summed E-state index contributed by atoms with van der Waals surface area (Å²) in [7, 11) is 0. The Hall–Kier alpha value is -1.95. The van der Waals surface area contributed by atoms with Crippen molar-refractivity contribution in [1.82, 2.24) is 19.9 Å². The SMILES string of the molecule is Cc1nn2cccnc2c1C(=O)NCC1(O)CCCCCC1. The van der Waals surface area contributed by atoms with Crippen molar-refractivity contribution in [2.45, 2.75) is 51.0 Å². The van der Waals surface area contributed by atoms with Crippen molar-refractivity contribution in [3.05, 3.63) is 29.7 Å². The number of carbonyl (C=O) groups excluding carboxylic acids is 1. The van der Waals surface area contributed by atoms with E-state index < -0.39 is 5.60 Å². The fraction of sp³-hybridized carbons (Fsp3) is 0.562. The van der Waals surface area contributed by atoms with E-state index in [1.807, 2.05) is 0 Å². The molecule has 1 aliphatic carbocycles. The Bertz CT molecular complexity index is 672. The molecule has 3 rings (SSSR count). The first-order valence-corrected chi connectivity index (χ1v) is 7.90. The molecule has 2 aromatic heterocycles. The molecule has 0 atom stereocenters. The Balaban J connectivity index is 1.75. The quantitative estimate of drug-likeness (QED) is 0.848. The predicted octanol–water partition coefficient (Wildman–Crippen LogP) is 1.85. The van der Waals surface area contributed by atoms with Crippen LogP contribution in [-0.4, -0.2) is 37.8 Å². The Kier molecular flexibility index (Phi) is 4.11. The molecule has 0 saturated heterocycles. The smallest absolute Gasteiger partial charge is 0.257 e. The number of nitrogens with one attached hydrogen (secondary N) is 1. The summed E-state index contributed by atoms with van der Waals surface area (Å²) in [4.78, 5) is 16.7. The second kappa shape index (κ2) is 6.04. The van der Waals surface area contributed by atoms with Crippen LogP contribution >= 0.6 is 0 Å². The van der Waals surface area contributed by atoms with Gasteiger partial charge >= 0.3 is 0 Å². The van der Waals surface area contributed by atoms with Gasteiger partial charge in [-0.3, -0.25) is 4.79 Å². The van der Waals surface area contributed by atoms with Gasteiger partial charge in [-0.25, -0.2) is 9.50 Å². The van der Waals surface area contributed by atoms with Crippen molar-refractivity contribution in [2.24, 2.45) is 0 Å². The van der Waals surface area contributed by atoms with Crippen LogP contribution in [0.15, 0.2) is 18.5 Å². The molecule has 0 aromatic carbocycles. The molecule has 2 heterocycles. The first-order chi connectivity index (χ1) is 10.6. The minimum Gasteiger partial charge on any atom is -0.388 e. The number of aliphatic hydroxyl groups is 1. The fourth-order valence-electron chi connectivity index (χ4n) is 3.16. The van der Waals surface area contributed by atoms with Crippen molar-refractivity contribution >= 4 is 11.6 Å². The van der Waals surface area contributed by atoms with E-state index in [4.69, 9.17) is 0 Å². The predicted molar refractivity (Wildman–Crippen MR) is 82.7 cm³/mol.